The van der Waals surface area contributed by atoms with Gasteiger partial charge in [-0.3, -0.25) is 0 Å². The van der Waals surface area contributed by atoms with Gasteiger partial charge in [0.15, 0.2) is 0 Å². The van der Waals surface area contributed by atoms with Crippen LogP contribution in [0.5, 0.6) is 5.75 Å². The zero-order valence-corrected chi connectivity index (χ0v) is 13.9. The molecule has 23 heavy (non-hydrogen) atoms. The highest BCUT2D eigenvalue weighted by atomic mass is 16.5. The summed E-state index contributed by atoms with van der Waals surface area (Å²) >= 11 is 0. The van der Waals surface area contributed by atoms with Gasteiger partial charge in [-0.05, 0) is 48.9 Å². The Labute approximate surface area is 138 Å². The van der Waals surface area contributed by atoms with Crippen LogP contribution in [0.15, 0.2) is 18.2 Å². The molecule has 0 radical (unpaired) electrons. The fourth-order valence-corrected chi connectivity index (χ4v) is 4.38. The molecule has 1 aromatic rings. The van der Waals surface area contributed by atoms with Gasteiger partial charge in [-0.15, -0.1) is 0 Å². The van der Waals surface area contributed by atoms with E-state index >= 15 is 0 Å². The second kappa shape index (κ2) is 7.20. The van der Waals surface area contributed by atoms with Crippen molar-refractivity contribution in [1.29, 1.82) is 0 Å². The van der Waals surface area contributed by atoms with Crippen molar-refractivity contribution in [2.45, 2.75) is 44.2 Å². The third-order valence-corrected chi connectivity index (χ3v) is 5.61. The summed E-state index contributed by atoms with van der Waals surface area (Å²) in [5.41, 5.74) is 2.81. The van der Waals surface area contributed by atoms with Crippen LogP contribution in [0.1, 0.15) is 30.4 Å². The Bertz CT molecular complexity index is 528. The van der Waals surface area contributed by atoms with E-state index in [9.17, 15) is 0 Å². The molecule has 4 heteroatoms. The summed E-state index contributed by atoms with van der Waals surface area (Å²) in [5.74, 6) is 1.81. The lowest BCUT2D eigenvalue weighted by atomic mass is 9.94. The van der Waals surface area contributed by atoms with E-state index in [4.69, 9.17) is 9.47 Å². The van der Waals surface area contributed by atoms with Crippen molar-refractivity contribution in [2.24, 2.45) is 5.92 Å². The number of fused-ring (bicyclic) bond motifs is 1. The van der Waals surface area contributed by atoms with Crippen molar-refractivity contribution < 1.29 is 9.47 Å². The molecular weight excluding hydrogens is 288 g/mol. The minimum Gasteiger partial charge on any atom is -0.493 e. The predicted molar refractivity (Wildman–Crippen MR) is 91.1 cm³/mol. The minimum atomic E-state index is 0.542. The van der Waals surface area contributed by atoms with Gasteiger partial charge in [0.2, 0.25) is 0 Å². The standard InChI is InChI=1S/C19H28N2O2/c1-2-16(18-13-22-11-9-21-18)17(3-1)20-8-6-14-4-5-19-15(12-14)7-10-23-19/h4-5,12,16-18,20-21H,1-3,6-11,13H2. The maximum absolute atomic E-state index is 5.66. The highest BCUT2D eigenvalue weighted by Gasteiger charge is 2.34. The third-order valence-electron chi connectivity index (χ3n) is 5.61. The van der Waals surface area contributed by atoms with Crippen LogP contribution in [0.2, 0.25) is 0 Å². The van der Waals surface area contributed by atoms with E-state index in [1.54, 1.807) is 0 Å². The second-order valence-corrected chi connectivity index (χ2v) is 7.08. The van der Waals surface area contributed by atoms with E-state index in [2.05, 4.69) is 28.8 Å². The summed E-state index contributed by atoms with van der Waals surface area (Å²) in [6, 6.07) is 7.87. The van der Waals surface area contributed by atoms with Gasteiger partial charge in [-0.25, -0.2) is 0 Å². The quantitative estimate of drug-likeness (QED) is 0.871. The summed E-state index contributed by atoms with van der Waals surface area (Å²) in [6.45, 7) is 4.66. The van der Waals surface area contributed by atoms with Gasteiger partial charge >= 0.3 is 0 Å². The van der Waals surface area contributed by atoms with E-state index in [-0.39, 0.29) is 0 Å². The molecular formula is C19H28N2O2. The minimum absolute atomic E-state index is 0.542. The molecule has 0 bridgehead atoms. The SMILES string of the molecule is c1cc2c(cc1CCNC1CCCC1C1COCCN1)CCO2. The number of ether oxygens (including phenoxy) is 2. The van der Waals surface area contributed by atoms with E-state index in [1.807, 2.05) is 0 Å². The number of morpholine rings is 1. The Hall–Kier alpha value is -1.10. The van der Waals surface area contributed by atoms with Crippen molar-refractivity contribution in [3.63, 3.8) is 0 Å². The van der Waals surface area contributed by atoms with Crippen molar-refractivity contribution in [3.05, 3.63) is 29.3 Å². The molecule has 4 rings (SSSR count). The highest BCUT2D eigenvalue weighted by Crippen LogP contribution is 2.30. The first kappa shape index (κ1) is 15.4. The summed E-state index contributed by atoms with van der Waals surface area (Å²) < 4.78 is 11.2. The molecule has 3 aliphatic rings. The molecule has 2 heterocycles. The fraction of sp³-hybridized carbons (Fsp3) is 0.684. The first-order valence-electron chi connectivity index (χ1n) is 9.19. The average molecular weight is 316 g/mol. The van der Waals surface area contributed by atoms with Crippen LogP contribution in [0.3, 0.4) is 0 Å². The molecule has 1 aromatic carbocycles. The van der Waals surface area contributed by atoms with Crippen molar-refractivity contribution in [3.8, 4) is 5.75 Å². The van der Waals surface area contributed by atoms with Crippen molar-refractivity contribution in [2.75, 3.05) is 32.9 Å². The zero-order valence-electron chi connectivity index (χ0n) is 13.9. The number of hydrogen-bond donors (Lipinski definition) is 2. The second-order valence-electron chi connectivity index (χ2n) is 7.08. The third kappa shape index (κ3) is 3.54. The summed E-state index contributed by atoms with van der Waals surface area (Å²) in [5, 5.41) is 7.47. The van der Waals surface area contributed by atoms with Gasteiger partial charge in [0.05, 0.1) is 19.8 Å². The van der Waals surface area contributed by atoms with Crippen LogP contribution in [0.4, 0.5) is 0 Å². The van der Waals surface area contributed by atoms with Crippen molar-refractivity contribution in [1.82, 2.24) is 10.6 Å². The maximum atomic E-state index is 5.66. The van der Waals surface area contributed by atoms with Gasteiger partial charge in [0, 0.05) is 25.0 Å². The maximum Gasteiger partial charge on any atom is 0.122 e. The molecule has 0 spiro atoms. The summed E-state index contributed by atoms with van der Waals surface area (Å²) in [6.07, 6.45) is 6.15. The molecule has 126 valence electrons. The lowest BCUT2D eigenvalue weighted by Crippen LogP contribution is -2.51. The van der Waals surface area contributed by atoms with Crippen LogP contribution < -0.4 is 15.4 Å². The van der Waals surface area contributed by atoms with Crippen LogP contribution >= 0.6 is 0 Å². The number of rotatable bonds is 5. The smallest absolute Gasteiger partial charge is 0.122 e. The van der Waals surface area contributed by atoms with Gasteiger partial charge in [-0.1, -0.05) is 18.6 Å². The lowest BCUT2D eigenvalue weighted by Gasteiger charge is -2.33. The molecule has 3 unspecified atom stereocenters. The zero-order chi connectivity index (χ0) is 15.5. The van der Waals surface area contributed by atoms with E-state index in [0.717, 1.165) is 57.4 Å². The molecule has 1 aliphatic carbocycles. The molecule has 2 N–H and O–H groups in total. The van der Waals surface area contributed by atoms with Gasteiger partial charge in [0.1, 0.15) is 5.75 Å². The van der Waals surface area contributed by atoms with Crippen LogP contribution in [0.25, 0.3) is 0 Å². The normalized spacial score (nSPS) is 30.2. The molecule has 2 aliphatic heterocycles. The average Bonchev–Trinajstić information content (AvgIpc) is 3.24. The Morgan fingerprint density at radius 3 is 3.13 bits per heavy atom. The Morgan fingerprint density at radius 2 is 2.22 bits per heavy atom. The van der Waals surface area contributed by atoms with E-state index < -0.39 is 0 Å². The molecule has 0 aromatic heterocycles. The van der Waals surface area contributed by atoms with Gasteiger partial charge in [0.25, 0.3) is 0 Å². The van der Waals surface area contributed by atoms with Gasteiger partial charge < -0.3 is 20.1 Å². The van der Waals surface area contributed by atoms with Crippen LogP contribution in [0, 0.1) is 5.92 Å². The van der Waals surface area contributed by atoms with Crippen LogP contribution in [-0.2, 0) is 17.6 Å². The molecule has 4 nitrogen and oxygen atoms in total. The van der Waals surface area contributed by atoms with E-state index in [0.29, 0.717) is 12.1 Å². The Balaban J connectivity index is 1.28. The lowest BCUT2D eigenvalue weighted by molar-refractivity contribution is 0.0526. The van der Waals surface area contributed by atoms with Crippen molar-refractivity contribution >= 4 is 0 Å². The van der Waals surface area contributed by atoms with Crippen LogP contribution in [-0.4, -0.2) is 45.0 Å². The largest absolute Gasteiger partial charge is 0.493 e. The number of benzene rings is 1. The van der Waals surface area contributed by atoms with E-state index in [1.165, 1.54) is 30.4 Å². The Morgan fingerprint density at radius 1 is 1.22 bits per heavy atom. The molecule has 1 saturated heterocycles. The van der Waals surface area contributed by atoms with Gasteiger partial charge in [-0.2, -0.15) is 0 Å². The predicted octanol–water partition coefficient (Wildman–Crippen LogP) is 1.91. The Kier molecular flexibility index (Phi) is 4.83. The highest BCUT2D eigenvalue weighted by molar-refractivity contribution is 5.39. The first-order valence-corrected chi connectivity index (χ1v) is 9.19. The fourth-order valence-electron chi connectivity index (χ4n) is 4.38. The molecule has 3 atom stereocenters. The number of nitrogens with one attached hydrogen (secondary N) is 2. The number of hydrogen-bond acceptors (Lipinski definition) is 4. The molecule has 2 fully saturated rings. The topological polar surface area (TPSA) is 42.5 Å². The monoisotopic (exact) mass is 316 g/mol. The summed E-state index contributed by atoms with van der Waals surface area (Å²) in [4.78, 5) is 0. The molecule has 0 amide bonds. The first-order chi connectivity index (χ1) is 11.4. The molecule has 1 saturated carbocycles. The summed E-state index contributed by atoms with van der Waals surface area (Å²) in [7, 11) is 0.